The summed E-state index contributed by atoms with van der Waals surface area (Å²) < 4.78 is 85.7. The lowest BCUT2D eigenvalue weighted by Crippen LogP contribution is -2.06. The van der Waals surface area contributed by atoms with Gasteiger partial charge in [0, 0.05) is 33.2 Å². The number of hydrogen-bond donors (Lipinski definition) is 0. The minimum Gasteiger partial charge on any atom is -0.309 e. The van der Waals surface area contributed by atoms with E-state index in [-0.39, 0.29) is 11.4 Å². The molecule has 8 aromatic rings. The van der Waals surface area contributed by atoms with Gasteiger partial charge in [0.05, 0.1) is 22.2 Å². The van der Waals surface area contributed by atoms with Crippen molar-refractivity contribution >= 4 is 21.8 Å². The third kappa shape index (κ3) is 5.99. The normalized spacial score (nSPS) is 12.1. The molecule has 250 valence electrons. The molecule has 2 aromatic heterocycles. The number of benzene rings is 6. The average molecular weight is 687 g/mol. The van der Waals surface area contributed by atoms with E-state index in [1.54, 1.807) is 47.0 Å². The van der Waals surface area contributed by atoms with Crippen molar-refractivity contribution < 1.29 is 26.3 Å². The van der Waals surface area contributed by atoms with Gasteiger partial charge in [-0.2, -0.15) is 26.3 Å². The topological polar surface area (TPSA) is 43.6 Å². The van der Waals surface area contributed by atoms with Crippen LogP contribution in [0.5, 0.6) is 0 Å². The minimum absolute atomic E-state index is 0.211. The van der Waals surface area contributed by atoms with Crippen LogP contribution in [-0.4, -0.2) is 19.5 Å². The Bertz CT molecular complexity index is 2500. The molecule has 0 unspecified atom stereocenters. The molecular formula is C41H24F6N4. The zero-order valence-corrected chi connectivity index (χ0v) is 26.4. The predicted molar refractivity (Wildman–Crippen MR) is 186 cm³/mol. The molecule has 0 saturated carbocycles. The van der Waals surface area contributed by atoms with Crippen molar-refractivity contribution in [2.75, 3.05) is 0 Å². The maximum Gasteiger partial charge on any atom is 0.416 e. The van der Waals surface area contributed by atoms with E-state index in [2.05, 4.69) is 0 Å². The van der Waals surface area contributed by atoms with Gasteiger partial charge in [-0.3, -0.25) is 0 Å². The summed E-state index contributed by atoms with van der Waals surface area (Å²) in [5.41, 5.74) is 2.10. The van der Waals surface area contributed by atoms with Gasteiger partial charge in [0.25, 0.3) is 0 Å². The van der Waals surface area contributed by atoms with Crippen LogP contribution in [0.1, 0.15) is 11.1 Å². The van der Waals surface area contributed by atoms with Crippen molar-refractivity contribution in [2.24, 2.45) is 0 Å². The van der Waals surface area contributed by atoms with Gasteiger partial charge >= 0.3 is 12.4 Å². The number of para-hydroxylation sites is 1. The molecule has 6 aromatic carbocycles. The van der Waals surface area contributed by atoms with Gasteiger partial charge in [-0.15, -0.1) is 0 Å². The number of rotatable bonds is 5. The lowest BCUT2D eigenvalue weighted by molar-refractivity contribution is -0.138. The first-order valence-electron chi connectivity index (χ1n) is 15.8. The number of fused-ring (bicyclic) bond motifs is 3. The monoisotopic (exact) mass is 686 g/mol. The molecule has 0 aliphatic rings. The fourth-order valence-corrected chi connectivity index (χ4v) is 6.32. The van der Waals surface area contributed by atoms with Gasteiger partial charge in [-0.25, -0.2) is 15.0 Å². The molecule has 8 rings (SSSR count). The molecule has 51 heavy (non-hydrogen) atoms. The van der Waals surface area contributed by atoms with Crippen LogP contribution >= 0.6 is 0 Å². The highest BCUT2D eigenvalue weighted by molar-refractivity contribution is 6.09. The summed E-state index contributed by atoms with van der Waals surface area (Å²) >= 11 is 0. The van der Waals surface area contributed by atoms with E-state index in [1.165, 1.54) is 12.1 Å². The van der Waals surface area contributed by atoms with Crippen molar-refractivity contribution in [2.45, 2.75) is 12.4 Å². The zero-order valence-electron chi connectivity index (χ0n) is 26.4. The van der Waals surface area contributed by atoms with Crippen molar-refractivity contribution in [1.29, 1.82) is 0 Å². The van der Waals surface area contributed by atoms with Crippen LogP contribution in [0.4, 0.5) is 26.3 Å². The molecule has 2 heterocycles. The Labute approximate surface area is 287 Å². The highest BCUT2D eigenvalue weighted by Gasteiger charge is 2.32. The molecule has 0 bridgehead atoms. The summed E-state index contributed by atoms with van der Waals surface area (Å²) in [6.07, 6.45) is -9.21. The maximum absolute atomic E-state index is 14.0. The quantitative estimate of drug-likeness (QED) is 0.169. The number of alkyl halides is 6. The average Bonchev–Trinajstić information content (AvgIpc) is 3.48. The molecule has 0 aliphatic carbocycles. The molecule has 0 amide bonds. The smallest absolute Gasteiger partial charge is 0.309 e. The summed E-state index contributed by atoms with van der Waals surface area (Å²) in [4.78, 5) is 14.4. The Morgan fingerprint density at radius 2 is 0.941 bits per heavy atom. The Balaban J connectivity index is 1.42. The Hall–Kier alpha value is -6.29. The Morgan fingerprint density at radius 3 is 1.59 bits per heavy atom. The standard InChI is InChI=1S/C41H24F6N4/c42-40(43,44)28-15-9-14-27(22-28)34-24-30(51-35-17-8-7-16-31(35)32-20-18-29(23-36(32)51)41(45,46)47)19-21-33(34)39-49-37(25-10-3-1-4-11-25)48-38(50-39)26-12-5-2-6-13-26/h1-24H. The van der Waals surface area contributed by atoms with Gasteiger partial charge in [-0.05, 0) is 59.7 Å². The lowest BCUT2D eigenvalue weighted by Gasteiger charge is -2.16. The summed E-state index contributed by atoms with van der Waals surface area (Å²) in [6, 6.07) is 39.3. The highest BCUT2D eigenvalue weighted by Crippen LogP contribution is 2.41. The molecule has 10 heteroatoms. The molecular weight excluding hydrogens is 662 g/mol. The summed E-state index contributed by atoms with van der Waals surface area (Å²) in [5.74, 6) is 0.935. The Kier molecular flexibility index (Phi) is 7.67. The van der Waals surface area contributed by atoms with Gasteiger partial charge in [-0.1, -0.05) is 97.1 Å². The van der Waals surface area contributed by atoms with E-state index in [4.69, 9.17) is 15.0 Å². The van der Waals surface area contributed by atoms with Crippen molar-refractivity contribution in [3.05, 3.63) is 157 Å². The minimum atomic E-state index is -4.62. The lowest BCUT2D eigenvalue weighted by atomic mass is 9.96. The molecule has 0 spiro atoms. The molecule has 0 aliphatic heterocycles. The molecule has 0 fully saturated rings. The van der Waals surface area contributed by atoms with E-state index in [1.807, 2.05) is 66.7 Å². The molecule has 4 nitrogen and oxygen atoms in total. The molecule has 0 saturated heterocycles. The van der Waals surface area contributed by atoms with Crippen LogP contribution < -0.4 is 0 Å². The van der Waals surface area contributed by atoms with Crippen LogP contribution in [-0.2, 0) is 12.4 Å². The molecule has 0 radical (unpaired) electrons. The van der Waals surface area contributed by atoms with E-state index in [0.29, 0.717) is 56.0 Å². The summed E-state index contributed by atoms with van der Waals surface area (Å²) in [7, 11) is 0. The number of halogens is 6. The third-order valence-electron chi connectivity index (χ3n) is 8.70. The maximum atomic E-state index is 14.0. The second kappa shape index (κ2) is 12.2. The van der Waals surface area contributed by atoms with Crippen LogP contribution in [0.15, 0.2) is 146 Å². The van der Waals surface area contributed by atoms with E-state index in [0.717, 1.165) is 29.7 Å². The predicted octanol–water partition coefficient (Wildman–Crippen LogP) is 11.7. The van der Waals surface area contributed by atoms with Crippen molar-refractivity contribution in [1.82, 2.24) is 19.5 Å². The zero-order chi connectivity index (χ0) is 35.3. The SMILES string of the molecule is FC(F)(F)c1cccc(-c2cc(-n3c4ccccc4c4ccc(C(F)(F)F)cc43)ccc2-c2nc(-c3ccccc3)nc(-c3ccccc3)n2)c1. The molecule has 0 atom stereocenters. The number of aromatic nitrogens is 4. The third-order valence-corrected chi connectivity index (χ3v) is 8.70. The number of nitrogens with zero attached hydrogens (tertiary/aromatic N) is 4. The second-order valence-corrected chi connectivity index (χ2v) is 11.9. The fraction of sp³-hybridized carbons (Fsp3) is 0.0488. The fourth-order valence-electron chi connectivity index (χ4n) is 6.32. The van der Waals surface area contributed by atoms with Crippen molar-refractivity contribution in [3.63, 3.8) is 0 Å². The number of hydrogen-bond acceptors (Lipinski definition) is 3. The first-order chi connectivity index (χ1) is 24.5. The first kappa shape index (κ1) is 31.9. The van der Waals surface area contributed by atoms with Gasteiger partial charge in [0.2, 0.25) is 0 Å². The van der Waals surface area contributed by atoms with Crippen LogP contribution in [0.25, 0.3) is 72.8 Å². The van der Waals surface area contributed by atoms with Crippen LogP contribution in [0.2, 0.25) is 0 Å². The van der Waals surface area contributed by atoms with Gasteiger partial charge < -0.3 is 4.57 Å². The Morgan fingerprint density at radius 1 is 0.392 bits per heavy atom. The highest BCUT2D eigenvalue weighted by atomic mass is 19.4. The molecule has 0 N–H and O–H groups in total. The summed E-state index contributed by atoms with van der Waals surface area (Å²) in [6.45, 7) is 0. The second-order valence-electron chi connectivity index (χ2n) is 11.9. The van der Waals surface area contributed by atoms with Crippen LogP contribution in [0, 0.1) is 0 Å². The van der Waals surface area contributed by atoms with E-state index in [9.17, 15) is 26.3 Å². The van der Waals surface area contributed by atoms with Gasteiger partial charge in [0.1, 0.15) is 0 Å². The van der Waals surface area contributed by atoms with Gasteiger partial charge in [0.15, 0.2) is 17.5 Å². The van der Waals surface area contributed by atoms with Crippen LogP contribution in [0.3, 0.4) is 0 Å². The van der Waals surface area contributed by atoms with E-state index < -0.39 is 23.5 Å². The van der Waals surface area contributed by atoms with E-state index >= 15 is 0 Å². The summed E-state index contributed by atoms with van der Waals surface area (Å²) in [5, 5.41) is 1.32. The van der Waals surface area contributed by atoms with Crippen molar-refractivity contribution in [3.8, 4) is 51.0 Å². The first-order valence-corrected chi connectivity index (χ1v) is 15.8. The largest absolute Gasteiger partial charge is 0.416 e.